The lowest BCUT2D eigenvalue weighted by molar-refractivity contribution is -0.387. The quantitative estimate of drug-likeness (QED) is 0.612. The van der Waals surface area contributed by atoms with Crippen molar-refractivity contribution in [3.05, 3.63) is 33.9 Å². The maximum atomic E-state index is 11.3. The van der Waals surface area contributed by atoms with Gasteiger partial charge in [-0.2, -0.15) is 0 Å². The van der Waals surface area contributed by atoms with Gasteiger partial charge in [0.15, 0.2) is 0 Å². The van der Waals surface area contributed by atoms with Crippen LogP contribution in [-0.4, -0.2) is 21.2 Å². The molecule has 0 radical (unpaired) electrons. The predicted molar refractivity (Wildman–Crippen MR) is 85.0 cm³/mol. The minimum atomic E-state index is -1.02. The third kappa shape index (κ3) is 4.45. The number of nitro benzene ring substituents is 1. The number of hydrogen-bond donors (Lipinski definition) is 2. The van der Waals surface area contributed by atoms with Gasteiger partial charge in [0, 0.05) is 17.4 Å². The topological polar surface area (TPSA) is 106 Å². The van der Waals surface area contributed by atoms with E-state index in [0.29, 0.717) is 15.7 Å². The summed E-state index contributed by atoms with van der Waals surface area (Å²) in [6, 6.07) is 4.09. The Kier molecular flexibility index (Phi) is 5.79. The lowest BCUT2D eigenvalue weighted by Gasteiger charge is -2.21. The van der Waals surface area contributed by atoms with E-state index in [1.54, 1.807) is 23.9 Å². The zero-order valence-corrected chi connectivity index (χ0v) is 13.1. The van der Waals surface area contributed by atoms with E-state index in [0.717, 1.165) is 12.8 Å². The highest BCUT2D eigenvalue weighted by atomic mass is 32.2. The van der Waals surface area contributed by atoms with Gasteiger partial charge in [-0.25, -0.2) is 0 Å². The molecule has 1 aromatic rings. The Morgan fingerprint density at radius 2 is 2.09 bits per heavy atom. The summed E-state index contributed by atoms with van der Waals surface area (Å²) in [5, 5.41) is 20.5. The second kappa shape index (κ2) is 7.60. The number of nitrogens with zero attached hydrogens (tertiary/aromatic N) is 1. The highest BCUT2D eigenvalue weighted by Crippen LogP contribution is 2.39. The van der Waals surface area contributed by atoms with Crippen LogP contribution in [0.25, 0.3) is 0 Å². The van der Waals surface area contributed by atoms with Gasteiger partial charge in [0.05, 0.1) is 16.2 Å². The second-order valence-corrected chi connectivity index (χ2v) is 6.91. The Morgan fingerprint density at radius 3 is 2.68 bits per heavy atom. The molecule has 1 atom stereocenters. The fraction of sp³-hybridized carbons (Fsp3) is 0.533. The van der Waals surface area contributed by atoms with Crippen LogP contribution < -0.4 is 5.73 Å². The van der Waals surface area contributed by atoms with Crippen LogP contribution in [0, 0.1) is 10.1 Å². The molecule has 1 saturated carbocycles. The van der Waals surface area contributed by atoms with E-state index in [4.69, 9.17) is 10.8 Å². The fourth-order valence-electron chi connectivity index (χ4n) is 2.68. The highest BCUT2D eigenvalue weighted by Gasteiger charge is 2.22. The Bertz CT molecular complexity index is 558. The van der Waals surface area contributed by atoms with Crippen molar-refractivity contribution in [3.63, 3.8) is 0 Å². The lowest BCUT2D eigenvalue weighted by atomic mass is 10.0. The number of nitro groups is 1. The highest BCUT2D eigenvalue weighted by molar-refractivity contribution is 8.00. The van der Waals surface area contributed by atoms with Gasteiger partial charge >= 0.3 is 5.97 Å². The molecule has 6 nitrogen and oxygen atoms in total. The number of carbonyl (C=O) groups is 1. The molecule has 0 spiro atoms. The molecule has 2 rings (SSSR count). The molecule has 0 aliphatic heterocycles. The molecule has 0 aromatic heterocycles. The maximum Gasteiger partial charge on any atom is 0.305 e. The van der Waals surface area contributed by atoms with Crippen molar-refractivity contribution in [1.29, 1.82) is 0 Å². The number of thioether (sulfide) groups is 1. The number of rotatable bonds is 6. The van der Waals surface area contributed by atoms with Gasteiger partial charge in [-0.05, 0) is 24.5 Å². The van der Waals surface area contributed by atoms with Crippen LogP contribution in [0.1, 0.15) is 50.1 Å². The third-order valence-electron chi connectivity index (χ3n) is 3.85. The number of aliphatic carboxylic acids is 1. The van der Waals surface area contributed by atoms with Gasteiger partial charge in [-0.1, -0.05) is 25.3 Å². The van der Waals surface area contributed by atoms with E-state index >= 15 is 0 Å². The van der Waals surface area contributed by atoms with Crippen LogP contribution >= 0.6 is 11.8 Å². The predicted octanol–water partition coefficient (Wildman–Crippen LogP) is 3.49. The summed E-state index contributed by atoms with van der Waals surface area (Å²) in [5.74, 6) is -1.02. The Hall–Kier alpha value is -1.60. The number of carboxylic acid groups (broad SMARTS) is 1. The molecular weight excluding hydrogens is 304 g/mol. The number of nitrogens with two attached hydrogens (primary N) is 1. The number of carboxylic acids is 1. The van der Waals surface area contributed by atoms with Gasteiger partial charge < -0.3 is 10.8 Å². The Labute approximate surface area is 133 Å². The fourth-order valence-corrected chi connectivity index (χ4v) is 4.00. The third-order valence-corrected chi connectivity index (χ3v) is 5.25. The first-order chi connectivity index (χ1) is 10.5. The standard InChI is InChI=1S/C15H20N2O4S/c16-12(9-15(18)19)10-6-7-14(13(8-10)17(20)21)22-11-4-2-1-3-5-11/h6-8,11-12H,1-5,9,16H2,(H,18,19). The van der Waals surface area contributed by atoms with Crippen LogP contribution in [0.15, 0.2) is 23.1 Å². The molecule has 1 fully saturated rings. The Morgan fingerprint density at radius 1 is 1.41 bits per heavy atom. The number of benzene rings is 1. The summed E-state index contributed by atoms with van der Waals surface area (Å²) in [6.07, 6.45) is 5.51. The molecule has 0 saturated heterocycles. The van der Waals surface area contributed by atoms with Crippen molar-refractivity contribution in [2.75, 3.05) is 0 Å². The summed E-state index contributed by atoms with van der Waals surface area (Å²) in [4.78, 5) is 22.2. The molecule has 3 N–H and O–H groups in total. The van der Waals surface area contributed by atoms with E-state index in [-0.39, 0.29) is 12.1 Å². The van der Waals surface area contributed by atoms with Gasteiger partial charge in [0.25, 0.3) is 5.69 Å². The molecule has 1 unspecified atom stereocenters. The Balaban J connectivity index is 2.19. The minimum Gasteiger partial charge on any atom is -0.481 e. The van der Waals surface area contributed by atoms with Crippen LogP contribution in [-0.2, 0) is 4.79 Å². The molecule has 1 aromatic carbocycles. The first-order valence-electron chi connectivity index (χ1n) is 7.39. The largest absolute Gasteiger partial charge is 0.481 e. The average molecular weight is 324 g/mol. The van der Waals surface area contributed by atoms with E-state index < -0.39 is 16.9 Å². The lowest BCUT2D eigenvalue weighted by Crippen LogP contribution is -2.15. The zero-order chi connectivity index (χ0) is 16.1. The molecular formula is C15H20N2O4S. The van der Waals surface area contributed by atoms with Crippen molar-refractivity contribution >= 4 is 23.4 Å². The smallest absolute Gasteiger partial charge is 0.305 e. The van der Waals surface area contributed by atoms with Crippen LogP contribution in [0.3, 0.4) is 0 Å². The SMILES string of the molecule is NC(CC(=O)O)c1ccc(SC2CCCCC2)c([N+](=O)[O-])c1. The van der Waals surface area contributed by atoms with Gasteiger partial charge in [0.2, 0.25) is 0 Å². The summed E-state index contributed by atoms with van der Waals surface area (Å²) >= 11 is 1.56. The van der Waals surface area contributed by atoms with Crippen molar-refractivity contribution in [3.8, 4) is 0 Å². The van der Waals surface area contributed by atoms with Crippen molar-refractivity contribution in [2.45, 2.75) is 54.7 Å². The molecule has 0 bridgehead atoms. The molecule has 1 aliphatic carbocycles. The van der Waals surface area contributed by atoms with E-state index in [1.165, 1.54) is 25.3 Å². The number of hydrogen-bond acceptors (Lipinski definition) is 5. The van der Waals surface area contributed by atoms with Crippen LogP contribution in [0.4, 0.5) is 5.69 Å². The van der Waals surface area contributed by atoms with E-state index in [9.17, 15) is 14.9 Å². The van der Waals surface area contributed by atoms with E-state index in [2.05, 4.69) is 0 Å². The molecule has 0 heterocycles. The maximum absolute atomic E-state index is 11.3. The zero-order valence-electron chi connectivity index (χ0n) is 12.2. The monoisotopic (exact) mass is 324 g/mol. The van der Waals surface area contributed by atoms with Gasteiger partial charge in [-0.3, -0.25) is 14.9 Å². The van der Waals surface area contributed by atoms with Crippen molar-refractivity contribution < 1.29 is 14.8 Å². The van der Waals surface area contributed by atoms with Gasteiger partial charge in [0.1, 0.15) is 0 Å². The molecule has 0 amide bonds. The second-order valence-electron chi connectivity index (χ2n) is 5.57. The first kappa shape index (κ1) is 16.8. The molecule has 22 heavy (non-hydrogen) atoms. The van der Waals surface area contributed by atoms with Crippen molar-refractivity contribution in [1.82, 2.24) is 0 Å². The minimum absolute atomic E-state index is 0.0221. The summed E-state index contributed by atoms with van der Waals surface area (Å²) in [6.45, 7) is 0. The van der Waals surface area contributed by atoms with Gasteiger partial charge in [-0.15, -0.1) is 11.8 Å². The summed E-state index contributed by atoms with van der Waals surface area (Å²) < 4.78 is 0. The van der Waals surface area contributed by atoms with Crippen LogP contribution in [0.5, 0.6) is 0 Å². The van der Waals surface area contributed by atoms with Crippen LogP contribution in [0.2, 0.25) is 0 Å². The van der Waals surface area contributed by atoms with Crippen molar-refractivity contribution in [2.24, 2.45) is 5.73 Å². The van der Waals surface area contributed by atoms with E-state index in [1.807, 2.05) is 0 Å². The molecule has 7 heteroatoms. The molecule has 120 valence electrons. The normalized spacial score (nSPS) is 17.1. The first-order valence-corrected chi connectivity index (χ1v) is 8.27. The average Bonchev–Trinajstić information content (AvgIpc) is 2.47. The summed E-state index contributed by atoms with van der Waals surface area (Å²) in [7, 11) is 0. The summed E-state index contributed by atoms with van der Waals surface area (Å²) in [5.41, 5.74) is 6.30. The molecule has 1 aliphatic rings.